The van der Waals surface area contributed by atoms with Crippen LogP contribution in [0.15, 0.2) is 54.7 Å². The minimum absolute atomic E-state index is 0.0207. The van der Waals surface area contributed by atoms with E-state index >= 15 is 0 Å². The number of nitrogens with zero attached hydrogens (tertiary/aromatic N) is 4. The fraction of sp³-hybridized carbons (Fsp3) is 0.350. The molecule has 1 saturated heterocycles. The van der Waals surface area contributed by atoms with Crippen molar-refractivity contribution in [1.29, 1.82) is 0 Å². The van der Waals surface area contributed by atoms with E-state index in [1.54, 1.807) is 0 Å². The molecule has 0 N–H and O–H groups in total. The van der Waals surface area contributed by atoms with Gasteiger partial charge in [0.1, 0.15) is 11.6 Å². The maximum absolute atomic E-state index is 12.8. The summed E-state index contributed by atoms with van der Waals surface area (Å²) in [4.78, 5) is 14.7. The molecule has 1 aliphatic heterocycles. The molecule has 0 aliphatic carbocycles. The maximum atomic E-state index is 12.8. The van der Waals surface area contributed by atoms with Crippen LogP contribution in [0.25, 0.3) is 5.65 Å². The highest BCUT2D eigenvalue weighted by Crippen LogP contribution is 2.26. The molecule has 26 heavy (non-hydrogen) atoms. The Balaban J connectivity index is 1.47. The van der Waals surface area contributed by atoms with Crippen molar-refractivity contribution in [3.63, 3.8) is 0 Å². The molecule has 134 valence electrons. The number of amides is 1. The van der Waals surface area contributed by atoms with Crippen molar-refractivity contribution in [1.82, 2.24) is 19.5 Å². The second kappa shape index (κ2) is 7.15. The van der Waals surface area contributed by atoms with Gasteiger partial charge in [0.15, 0.2) is 11.8 Å². The number of likely N-dealkylation sites (tertiary alicyclic amines) is 1. The van der Waals surface area contributed by atoms with Gasteiger partial charge in [-0.2, -0.15) is 0 Å². The van der Waals surface area contributed by atoms with Gasteiger partial charge in [-0.15, -0.1) is 10.2 Å². The lowest BCUT2D eigenvalue weighted by molar-refractivity contribution is -0.139. The predicted molar refractivity (Wildman–Crippen MR) is 98.1 cm³/mol. The molecule has 1 aliphatic rings. The van der Waals surface area contributed by atoms with Gasteiger partial charge >= 0.3 is 0 Å². The number of pyridine rings is 1. The highest BCUT2D eigenvalue weighted by atomic mass is 16.5. The first-order valence-electron chi connectivity index (χ1n) is 9.02. The minimum atomic E-state index is -0.508. The van der Waals surface area contributed by atoms with Gasteiger partial charge in [-0.25, -0.2) is 0 Å². The molecule has 1 fully saturated rings. The number of fused-ring (bicyclic) bond motifs is 1. The summed E-state index contributed by atoms with van der Waals surface area (Å²) in [6.07, 6.45) is 3.43. The van der Waals surface area contributed by atoms with Gasteiger partial charge in [-0.05, 0) is 44.0 Å². The normalized spacial score (nSPS) is 18.7. The Hall–Kier alpha value is -2.89. The number of carbonyl (C=O) groups is 1. The Bertz CT molecular complexity index is 893. The third-order valence-electron chi connectivity index (χ3n) is 4.84. The van der Waals surface area contributed by atoms with Crippen LogP contribution in [-0.2, 0) is 4.79 Å². The van der Waals surface area contributed by atoms with E-state index in [0.29, 0.717) is 12.3 Å². The lowest BCUT2D eigenvalue weighted by Gasteiger charge is -2.33. The number of piperidine rings is 1. The zero-order valence-corrected chi connectivity index (χ0v) is 14.8. The van der Waals surface area contributed by atoms with Crippen molar-refractivity contribution >= 4 is 11.6 Å². The first kappa shape index (κ1) is 16.6. The van der Waals surface area contributed by atoms with E-state index in [0.717, 1.165) is 30.9 Å². The summed E-state index contributed by atoms with van der Waals surface area (Å²) in [5.41, 5.74) is 0.840. The largest absolute Gasteiger partial charge is 0.481 e. The first-order valence-corrected chi connectivity index (χ1v) is 9.02. The summed E-state index contributed by atoms with van der Waals surface area (Å²) in [5, 5.41) is 8.61. The van der Waals surface area contributed by atoms with Gasteiger partial charge in [-0.1, -0.05) is 24.3 Å². The Morgan fingerprint density at radius 3 is 2.81 bits per heavy atom. The van der Waals surface area contributed by atoms with Crippen LogP contribution < -0.4 is 4.74 Å². The summed E-state index contributed by atoms with van der Waals surface area (Å²) in [7, 11) is 0. The van der Waals surface area contributed by atoms with Crippen molar-refractivity contribution in [3.8, 4) is 5.75 Å². The van der Waals surface area contributed by atoms with E-state index in [4.69, 9.17) is 4.74 Å². The van der Waals surface area contributed by atoms with Gasteiger partial charge in [0.25, 0.3) is 5.91 Å². The van der Waals surface area contributed by atoms with Crippen molar-refractivity contribution in [2.45, 2.75) is 31.8 Å². The van der Waals surface area contributed by atoms with Gasteiger partial charge in [0.2, 0.25) is 0 Å². The Morgan fingerprint density at radius 2 is 1.96 bits per heavy atom. The molecule has 6 heteroatoms. The fourth-order valence-corrected chi connectivity index (χ4v) is 3.54. The number of aromatic nitrogens is 3. The molecule has 3 aromatic rings. The molecule has 2 atom stereocenters. The summed E-state index contributed by atoms with van der Waals surface area (Å²) in [6, 6.07) is 15.3. The highest BCUT2D eigenvalue weighted by Gasteiger charge is 2.30. The van der Waals surface area contributed by atoms with Crippen LogP contribution in [0.1, 0.15) is 31.5 Å². The quantitative estimate of drug-likeness (QED) is 0.726. The Morgan fingerprint density at radius 1 is 1.15 bits per heavy atom. The predicted octanol–water partition coefficient (Wildman–Crippen LogP) is 2.90. The number of hydrogen-bond donors (Lipinski definition) is 0. The standard InChI is InChI=1S/C20H22N4O2/c1-15(26-17-9-3-2-4-10-17)20(25)23-12-7-8-16(14-23)19-22-21-18-11-5-6-13-24(18)19/h2-6,9-11,13,15-16H,7-8,12,14H2,1H3/t15-,16+/m0/s1. The van der Waals surface area contributed by atoms with Crippen LogP contribution in [0.4, 0.5) is 0 Å². The molecule has 1 aromatic carbocycles. The molecular weight excluding hydrogens is 328 g/mol. The second-order valence-electron chi connectivity index (χ2n) is 6.68. The van der Waals surface area contributed by atoms with Gasteiger partial charge < -0.3 is 9.64 Å². The van der Waals surface area contributed by atoms with E-state index in [2.05, 4.69) is 10.2 Å². The summed E-state index contributed by atoms with van der Waals surface area (Å²) < 4.78 is 7.82. The number of hydrogen-bond acceptors (Lipinski definition) is 4. The first-order chi connectivity index (χ1) is 12.7. The SMILES string of the molecule is C[C@H](Oc1ccccc1)C(=O)N1CCC[C@@H](c2nnc3ccccn23)C1. The average molecular weight is 350 g/mol. The van der Waals surface area contributed by atoms with Crippen LogP contribution >= 0.6 is 0 Å². The molecule has 0 spiro atoms. The van der Waals surface area contributed by atoms with Crippen LogP contribution in [-0.4, -0.2) is 44.6 Å². The summed E-state index contributed by atoms with van der Waals surface area (Å²) in [5.74, 6) is 1.85. The Kier molecular flexibility index (Phi) is 4.56. The smallest absolute Gasteiger partial charge is 0.263 e. The van der Waals surface area contributed by atoms with Crippen molar-refractivity contribution < 1.29 is 9.53 Å². The van der Waals surface area contributed by atoms with Gasteiger partial charge in [0, 0.05) is 25.2 Å². The molecule has 0 saturated carbocycles. The van der Waals surface area contributed by atoms with Crippen LogP contribution in [0.5, 0.6) is 5.75 Å². The molecule has 6 nitrogen and oxygen atoms in total. The zero-order valence-electron chi connectivity index (χ0n) is 14.8. The van der Waals surface area contributed by atoms with E-state index in [1.807, 2.05) is 71.0 Å². The number of carbonyl (C=O) groups excluding carboxylic acids is 1. The van der Waals surface area contributed by atoms with E-state index < -0.39 is 6.10 Å². The van der Waals surface area contributed by atoms with Gasteiger partial charge in [0.05, 0.1) is 0 Å². The monoisotopic (exact) mass is 350 g/mol. The molecular formula is C20H22N4O2. The topological polar surface area (TPSA) is 59.7 Å². The summed E-state index contributed by atoms with van der Waals surface area (Å²) >= 11 is 0. The molecule has 4 rings (SSSR count). The molecule has 2 aromatic heterocycles. The van der Waals surface area contributed by atoms with E-state index in [1.165, 1.54) is 0 Å². The van der Waals surface area contributed by atoms with Crippen LogP contribution in [0.3, 0.4) is 0 Å². The third-order valence-corrected chi connectivity index (χ3v) is 4.84. The van der Waals surface area contributed by atoms with Crippen LogP contribution in [0, 0.1) is 0 Å². The minimum Gasteiger partial charge on any atom is -0.481 e. The molecule has 0 bridgehead atoms. The fourth-order valence-electron chi connectivity index (χ4n) is 3.54. The molecule has 3 heterocycles. The maximum Gasteiger partial charge on any atom is 0.263 e. The van der Waals surface area contributed by atoms with E-state index in [9.17, 15) is 4.79 Å². The second-order valence-corrected chi connectivity index (χ2v) is 6.68. The summed E-state index contributed by atoms with van der Waals surface area (Å²) in [6.45, 7) is 3.22. The number of para-hydroxylation sites is 1. The van der Waals surface area contributed by atoms with Crippen molar-refractivity contribution in [3.05, 3.63) is 60.6 Å². The molecule has 0 radical (unpaired) electrons. The van der Waals surface area contributed by atoms with Gasteiger partial charge in [-0.3, -0.25) is 9.20 Å². The molecule has 1 amide bonds. The highest BCUT2D eigenvalue weighted by molar-refractivity contribution is 5.81. The number of ether oxygens (including phenoxy) is 1. The average Bonchev–Trinajstić information content (AvgIpc) is 3.12. The number of benzene rings is 1. The van der Waals surface area contributed by atoms with E-state index in [-0.39, 0.29) is 11.8 Å². The molecule has 0 unspecified atom stereocenters. The lowest BCUT2D eigenvalue weighted by Crippen LogP contribution is -2.45. The third kappa shape index (κ3) is 3.27. The van der Waals surface area contributed by atoms with Crippen molar-refractivity contribution in [2.75, 3.05) is 13.1 Å². The lowest BCUT2D eigenvalue weighted by atomic mass is 9.97. The number of rotatable bonds is 4. The zero-order chi connectivity index (χ0) is 17.9. The van der Waals surface area contributed by atoms with Crippen molar-refractivity contribution in [2.24, 2.45) is 0 Å². The van der Waals surface area contributed by atoms with Crippen LogP contribution in [0.2, 0.25) is 0 Å². The Labute approximate surface area is 152 Å².